The lowest BCUT2D eigenvalue weighted by molar-refractivity contribution is -0.152. The van der Waals surface area contributed by atoms with Gasteiger partial charge in [0.25, 0.3) is 0 Å². The van der Waals surface area contributed by atoms with E-state index in [9.17, 15) is 9.59 Å². The Morgan fingerprint density at radius 3 is 2.25 bits per heavy atom. The Morgan fingerprint density at radius 1 is 1.04 bits per heavy atom. The Hall–Kier alpha value is -1.66. The molecule has 2 rings (SSSR count). The summed E-state index contributed by atoms with van der Waals surface area (Å²) in [4.78, 5) is 25.0. The van der Waals surface area contributed by atoms with Gasteiger partial charge in [-0.3, -0.25) is 9.59 Å². The van der Waals surface area contributed by atoms with E-state index in [1.54, 1.807) is 0 Å². The van der Waals surface area contributed by atoms with E-state index < -0.39 is 8.24 Å². The molecule has 0 amide bonds. The molecule has 3 atom stereocenters. The highest BCUT2D eigenvalue weighted by Gasteiger charge is 2.47. The number of carbonyl (C=O) groups excluding carboxylic acids is 2. The number of esters is 2. The molecule has 156 valence electrons. The average molecular weight is 406 g/mol. The van der Waals surface area contributed by atoms with Crippen LogP contribution in [0.4, 0.5) is 0 Å². The van der Waals surface area contributed by atoms with E-state index in [1.165, 1.54) is 5.56 Å². The predicted octanol–water partition coefficient (Wildman–Crippen LogP) is 4.23. The van der Waals surface area contributed by atoms with Gasteiger partial charge in [0.1, 0.15) is 8.24 Å². The molecule has 0 spiro atoms. The van der Waals surface area contributed by atoms with Gasteiger partial charge in [-0.1, -0.05) is 50.0 Å². The molecule has 5 nitrogen and oxygen atoms in total. The summed E-state index contributed by atoms with van der Waals surface area (Å²) in [5.74, 6) is -0.682. The fourth-order valence-corrected chi connectivity index (χ4v) is 6.23. The van der Waals surface area contributed by atoms with Crippen LogP contribution in [0.15, 0.2) is 30.3 Å². The fraction of sp³-hybridized carbons (Fsp3) is 0.636. The highest BCUT2D eigenvalue weighted by molar-refractivity contribution is 6.73. The molecule has 0 N–H and O–H groups in total. The maximum Gasteiger partial charge on any atom is 0.310 e. The molecule has 0 heterocycles. The van der Waals surface area contributed by atoms with Crippen molar-refractivity contribution in [2.45, 2.75) is 65.3 Å². The quantitative estimate of drug-likeness (QED) is 0.454. The maximum atomic E-state index is 12.9. The molecule has 0 aliphatic heterocycles. The molecule has 6 heteroatoms. The van der Waals surface area contributed by atoms with Crippen LogP contribution in [0.5, 0.6) is 0 Å². The molecule has 0 bridgehead atoms. The molecular weight excluding hydrogens is 370 g/mol. The predicted molar refractivity (Wildman–Crippen MR) is 113 cm³/mol. The number of benzene rings is 1. The third-order valence-corrected chi connectivity index (χ3v) is 7.72. The van der Waals surface area contributed by atoms with Crippen molar-refractivity contribution in [3.8, 4) is 0 Å². The molecular formula is C22H35NO4Si. The van der Waals surface area contributed by atoms with Crippen LogP contribution in [0.2, 0.25) is 19.6 Å². The second-order valence-corrected chi connectivity index (χ2v) is 13.4. The molecule has 1 aromatic carbocycles. The first kappa shape index (κ1) is 22.6. The smallest absolute Gasteiger partial charge is 0.310 e. The van der Waals surface area contributed by atoms with Crippen LogP contribution in [0.3, 0.4) is 0 Å². The molecule has 28 heavy (non-hydrogen) atoms. The summed E-state index contributed by atoms with van der Waals surface area (Å²) in [5, 5.41) is 0. The molecule has 0 saturated heterocycles. The molecule has 1 aromatic rings. The molecule has 0 radical (unpaired) electrons. The van der Waals surface area contributed by atoms with Crippen LogP contribution >= 0.6 is 0 Å². The Balaban J connectivity index is 2.28. The zero-order chi connectivity index (χ0) is 20.7. The van der Waals surface area contributed by atoms with Crippen LogP contribution in [-0.4, -0.2) is 44.0 Å². The molecule has 1 fully saturated rings. The molecule has 0 aromatic heterocycles. The zero-order valence-corrected chi connectivity index (χ0v) is 18.9. The second-order valence-electron chi connectivity index (χ2n) is 8.48. The van der Waals surface area contributed by atoms with Crippen LogP contribution in [-0.2, 0) is 25.6 Å². The monoisotopic (exact) mass is 405 g/mol. The summed E-state index contributed by atoms with van der Waals surface area (Å²) in [6.07, 6.45) is 2.05. The van der Waals surface area contributed by atoms with Gasteiger partial charge in [-0.2, -0.15) is 0 Å². The zero-order valence-electron chi connectivity index (χ0n) is 17.9. The number of hydrogen-bond acceptors (Lipinski definition) is 5. The second kappa shape index (κ2) is 10.2. The minimum absolute atomic E-state index is 0.0160. The van der Waals surface area contributed by atoms with Crippen LogP contribution < -0.4 is 0 Å². The first-order chi connectivity index (χ1) is 13.3. The van der Waals surface area contributed by atoms with E-state index in [-0.39, 0.29) is 29.8 Å². The van der Waals surface area contributed by atoms with Crippen LogP contribution in [0.25, 0.3) is 0 Å². The highest BCUT2D eigenvalue weighted by Crippen LogP contribution is 2.41. The van der Waals surface area contributed by atoms with Crippen molar-refractivity contribution < 1.29 is 19.1 Å². The summed E-state index contributed by atoms with van der Waals surface area (Å²) >= 11 is 0. The minimum Gasteiger partial charge on any atom is -0.466 e. The number of carbonyl (C=O) groups is 2. The number of hydrogen-bond donors (Lipinski definition) is 0. The van der Waals surface area contributed by atoms with E-state index in [1.807, 2.05) is 19.9 Å². The summed E-state index contributed by atoms with van der Waals surface area (Å²) < 4.78 is 13.1. The van der Waals surface area contributed by atoms with Crippen molar-refractivity contribution in [3.63, 3.8) is 0 Å². The van der Waals surface area contributed by atoms with Gasteiger partial charge in [-0.25, -0.2) is 0 Å². The van der Waals surface area contributed by atoms with E-state index in [0.29, 0.717) is 19.6 Å². The van der Waals surface area contributed by atoms with Crippen molar-refractivity contribution >= 4 is 20.2 Å². The van der Waals surface area contributed by atoms with E-state index >= 15 is 0 Å². The van der Waals surface area contributed by atoms with Gasteiger partial charge >= 0.3 is 11.9 Å². The van der Waals surface area contributed by atoms with Crippen molar-refractivity contribution in [1.29, 1.82) is 0 Å². The standard InChI is InChI=1S/C22H35NO4Si/c1-6-26-20(24)15-18-13-14-19(21(18)22(25)27-7-2)23(28(3,4)5)16-17-11-9-8-10-12-17/h8-12,18-19,21H,6-7,13-16H2,1-5H3. The number of nitrogens with zero attached hydrogens (tertiary/aromatic N) is 1. The lowest BCUT2D eigenvalue weighted by Gasteiger charge is -2.41. The van der Waals surface area contributed by atoms with Gasteiger partial charge in [0.15, 0.2) is 0 Å². The normalized spacial score (nSPS) is 22.3. The SMILES string of the molecule is CCOC(=O)CC1CCC(N(Cc2ccccc2)[Si](C)(C)C)C1C(=O)OCC. The Morgan fingerprint density at radius 2 is 1.68 bits per heavy atom. The van der Waals surface area contributed by atoms with E-state index in [4.69, 9.17) is 9.47 Å². The van der Waals surface area contributed by atoms with Crippen molar-refractivity contribution in [2.75, 3.05) is 13.2 Å². The van der Waals surface area contributed by atoms with Crippen molar-refractivity contribution in [2.24, 2.45) is 11.8 Å². The lowest BCUT2D eigenvalue weighted by atomic mass is 9.90. The summed E-state index contributed by atoms with van der Waals surface area (Å²) in [6.45, 7) is 12.1. The Bertz CT molecular complexity index is 644. The number of rotatable bonds is 9. The topological polar surface area (TPSA) is 55.8 Å². The van der Waals surface area contributed by atoms with E-state index in [2.05, 4.69) is 48.5 Å². The largest absolute Gasteiger partial charge is 0.466 e. The summed E-state index contributed by atoms with van der Waals surface area (Å²) in [5.41, 5.74) is 1.25. The Kier molecular flexibility index (Phi) is 8.25. The molecule has 3 unspecified atom stereocenters. The highest BCUT2D eigenvalue weighted by atomic mass is 28.3. The maximum absolute atomic E-state index is 12.9. The Labute approximate surface area is 170 Å². The molecule has 1 saturated carbocycles. The van der Waals surface area contributed by atoms with Gasteiger partial charge in [0, 0.05) is 19.0 Å². The van der Waals surface area contributed by atoms with Gasteiger partial charge in [-0.15, -0.1) is 0 Å². The lowest BCUT2D eigenvalue weighted by Crippen LogP contribution is -2.54. The third-order valence-electron chi connectivity index (χ3n) is 5.51. The summed E-state index contributed by atoms with van der Waals surface area (Å²) in [7, 11) is -1.72. The van der Waals surface area contributed by atoms with Gasteiger partial charge in [0.05, 0.1) is 19.1 Å². The van der Waals surface area contributed by atoms with E-state index in [0.717, 1.165) is 19.4 Å². The number of ether oxygens (including phenoxy) is 2. The first-order valence-electron chi connectivity index (χ1n) is 10.4. The molecule has 1 aliphatic carbocycles. The van der Waals surface area contributed by atoms with Crippen LogP contribution in [0, 0.1) is 11.8 Å². The van der Waals surface area contributed by atoms with Gasteiger partial charge in [-0.05, 0) is 38.2 Å². The fourth-order valence-electron chi connectivity index (χ4n) is 4.29. The average Bonchev–Trinajstić information content (AvgIpc) is 3.03. The molecule has 1 aliphatic rings. The summed E-state index contributed by atoms with van der Waals surface area (Å²) in [6, 6.07) is 10.5. The first-order valence-corrected chi connectivity index (χ1v) is 13.9. The van der Waals surface area contributed by atoms with Crippen molar-refractivity contribution in [3.05, 3.63) is 35.9 Å². The third kappa shape index (κ3) is 5.91. The van der Waals surface area contributed by atoms with Crippen LogP contribution in [0.1, 0.15) is 38.7 Å². The van der Waals surface area contributed by atoms with Gasteiger partial charge < -0.3 is 14.0 Å². The van der Waals surface area contributed by atoms with Gasteiger partial charge in [0.2, 0.25) is 0 Å². The minimum atomic E-state index is -1.72. The van der Waals surface area contributed by atoms with Crippen molar-refractivity contribution in [1.82, 2.24) is 4.57 Å².